The summed E-state index contributed by atoms with van der Waals surface area (Å²) in [5.41, 5.74) is 4.11. The number of amides is 1. The van der Waals surface area contributed by atoms with Crippen molar-refractivity contribution in [1.82, 2.24) is 15.1 Å². The maximum atomic E-state index is 12.8. The van der Waals surface area contributed by atoms with Crippen LogP contribution in [0, 0.1) is 13.8 Å². The van der Waals surface area contributed by atoms with Crippen LogP contribution < -0.4 is 14.8 Å². The fraction of sp³-hybridized carbons (Fsp3) is 0.567. The molecule has 4 rings (SSSR count). The summed E-state index contributed by atoms with van der Waals surface area (Å²) in [5.74, 6) is 1.21. The van der Waals surface area contributed by atoms with E-state index in [1.54, 1.807) is 6.07 Å². The lowest BCUT2D eigenvalue weighted by atomic mass is 9.97. The van der Waals surface area contributed by atoms with Gasteiger partial charge in [-0.3, -0.25) is 9.69 Å². The first-order chi connectivity index (χ1) is 18.2. The minimum absolute atomic E-state index is 0.0114. The Hall–Kier alpha value is -2.81. The SMILES string of the molecule is COc1cc(O)cc(C(=O)N[C@@H]2CCN(C(C)c3ccc(OCCCCN4CC[C@@H](O)C4)c(C)c3C)C2)c1. The van der Waals surface area contributed by atoms with E-state index < -0.39 is 0 Å². The number of nitrogens with zero attached hydrogens (tertiary/aromatic N) is 2. The van der Waals surface area contributed by atoms with Crippen molar-refractivity contribution in [1.29, 1.82) is 0 Å². The predicted octanol–water partition coefficient (Wildman–Crippen LogP) is 3.81. The van der Waals surface area contributed by atoms with Crippen molar-refractivity contribution in [3.05, 3.63) is 52.6 Å². The average Bonchev–Trinajstić information content (AvgIpc) is 3.54. The highest BCUT2D eigenvalue weighted by atomic mass is 16.5. The maximum absolute atomic E-state index is 12.8. The molecule has 8 heteroatoms. The van der Waals surface area contributed by atoms with Crippen LogP contribution in [0.4, 0.5) is 0 Å². The Morgan fingerprint density at radius 1 is 1.11 bits per heavy atom. The van der Waals surface area contributed by atoms with Crippen molar-refractivity contribution >= 4 is 5.91 Å². The highest BCUT2D eigenvalue weighted by molar-refractivity contribution is 5.95. The topological polar surface area (TPSA) is 94.5 Å². The largest absolute Gasteiger partial charge is 0.508 e. The van der Waals surface area contributed by atoms with Gasteiger partial charge in [-0.15, -0.1) is 0 Å². The van der Waals surface area contributed by atoms with Crippen molar-refractivity contribution in [2.24, 2.45) is 0 Å². The molecule has 8 nitrogen and oxygen atoms in total. The number of nitrogens with one attached hydrogen (secondary N) is 1. The van der Waals surface area contributed by atoms with Crippen LogP contribution in [0.25, 0.3) is 0 Å². The summed E-state index contributed by atoms with van der Waals surface area (Å²) in [6.45, 7) is 11.7. The number of aromatic hydroxyl groups is 1. The average molecular weight is 526 g/mol. The monoisotopic (exact) mass is 525 g/mol. The lowest BCUT2D eigenvalue weighted by Gasteiger charge is -2.27. The summed E-state index contributed by atoms with van der Waals surface area (Å²) < 4.78 is 11.3. The highest BCUT2D eigenvalue weighted by Crippen LogP contribution is 2.32. The summed E-state index contributed by atoms with van der Waals surface area (Å²) >= 11 is 0. The molecule has 0 aromatic heterocycles. The Bertz CT molecular complexity index is 1110. The first kappa shape index (κ1) is 28.2. The van der Waals surface area contributed by atoms with Crippen LogP contribution in [0.5, 0.6) is 17.2 Å². The number of carbonyl (C=O) groups excluding carboxylic acids is 1. The molecule has 2 aromatic rings. The molecule has 1 amide bonds. The molecule has 0 saturated carbocycles. The fourth-order valence-electron chi connectivity index (χ4n) is 5.62. The predicted molar refractivity (Wildman–Crippen MR) is 148 cm³/mol. The molecule has 2 aromatic carbocycles. The number of unbranched alkanes of at least 4 members (excludes halogenated alkanes) is 1. The second kappa shape index (κ2) is 12.8. The van der Waals surface area contributed by atoms with Gasteiger partial charge in [-0.2, -0.15) is 0 Å². The summed E-state index contributed by atoms with van der Waals surface area (Å²) in [5, 5.41) is 22.6. The zero-order chi connectivity index (χ0) is 27.2. The third-order valence-corrected chi connectivity index (χ3v) is 8.10. The summed E-state index contributed by atoms with van der Waals surface area (Å²) in [4.78, 5) is 17.5. The first-order valence-electron chi connectivity index (χ1n) is 13.8. The number of phenolic OH excluding ortho intramolecular Hbond substituents is 1. The number of rotatable bonds is 11. The third kappa shape index (κ3) is 6.98. The summed E-state index contributed by atoms with van der Waals surface area (Å²) in [6, 6.07) is 9.13. The van der Waals surface area contributed by atoms with Crippen LogP contribution in [-0.4, -0.2) is 84.5 Å². The number of benzene rings is 2. The van der Waals surface area contributed by atoms with Gasteiger partial charge >= 0.3 is 0 Å². The first-order valence-corrected chi connectivity index (χ1v) is 13.8. The molecular weight excluding hydrogens is 482 g/mol. The van der Waals surface area contributed by atoms with Gasteiger partial charge in [0.25, 0.3) is 5.91 Å². The third-order valence-electron chi connectivity index (χ3n) is 8.10. The molecule has 38 heavy (non-hydrogen) atoms. The van der Waals surface area contributed by atoms with Gasteiger partial charge in [0.15, 0.2) is 0 Å². The standard InChI is InChI=1S/C30H43N3O5/c1-20-21(2)29(38-14-6-5-11-32-12-10-25(34)19-32)8-7-28(20)22(3)33-13-9-24(18-33)31-30(36)23-15-26(35)17-27(16-23)37-4/h7-8,15-17,22,24-25,34-35H,5-6,9-14,18-19H2,1-4H3,(H,31,36)/t22?,24-,25-/m1/s1. The summed E-state index contributed by atoms with van der Waals surface area (Å²) in [6.07, 6.45) is 3.69. The molecule has 2 aliphatic rings. The highest BCUT2D eigenvalue weighted by Gasteiger charge is 2.29. The van der Waals surface area contributed by atoms with E-state index in [2.05, 4.69) is 48.0 Å². The van der Waals surface area contributed by atoms with Crippen LogP contribution in [0.15, 0.2) is 30.3 Å². The molecular formula is C30H43N3O5. The lowest BCUT2D eigenvalue weighted by Crippen LogP contribution is -2.37. The molecule has 0 spiro atoms. The number of methoxy groups -OCH3 is 1. The summed E-state index contributed by atoms with van der Waals surface area (Å²) in [7, 11) is 1.51. The van der Waals surface area contributed by atoms with Crippen molar-refractivity contribution in [3.63, 3.8) is 0 Å². The number of ether oxygens (including phenoxy) is 2. The van der Waals surface area contributed by atoms with E-state index in [-0.39, 0.29) is 29.8 Å². The van der Waals surface area contributed by atoms with Gasteiger partial charge in [0.2, 0.25) is 0 Å². The molecule has 0 radical (unpaired) electrons. The van der Waals surface area contributed by atoms with Crippen LogP contribution in [-0.2, 0) is 0 Å². The zero-order valence-corrected chi connectivity index (χ0v) is 23.2. The van der Waals surface area contributed by atoms with Crippen LogP contribution >= 0.6 is 0 Å². The molecule has 2 fully saturated rings. The maximum Gasteiger partial charge on any atom is 0.251 e. The number of aliphatic hydroxyl groups excluding tert-OH is 1. The van der Waals surface area contributed by atoms with Gasteiger partial charge < -0.3 is 29.9 Å². The van der Waals surface area contributed by atoms with Gasteiger partial charge in [0.1, 0.15) is 17.2 Å². The number of phenols is 1. The Balaban J connectivity index is 1.27. The zero-order valence-electron chi connectivity index (χ0n) is 23.2. The van der Waals surface area contributed by atoms with Gasteiger partial charge in [0, 0.05) is 49.9 Å². The molecule has 2 aliphatic heterocycles. The Kier molecular flexibility index (Phi) is 9.52. The number of hydrogen-bond acceptors (Lipinski definition) is 7. The van der Waals surface area contributed by atoms with Crippen molar-refractivity contribution < 1.29 is 24.5 Å². The second-order valence-electron chi connectivity index (χ2n) is 10.8. The number of hydrogen-bond donors (Lipinski definition) is 3. The lowest BCUT2D eigenvalue weighted by molar-refractivity contribution is 0.0935. The number of carbonyl (C=O) groups is 1. The van der Waals surface area contributed by atoms with Gasteiger partial charge in [0.05, 0.1) is 19.8 Å². The Morgan fingerprint density at radius 3 is 2.66 bits per heavy atom. The molecule has 2 saturated heterocycles. The van der Waals surface area contributed by atoms with Crippen molar-refractivity contribution in [2.75, 3.05) is 46.4 Å². The van der Waals surface area contributed by atoms with Crippen molar-refractivity contribution in [3.8, 4) is 17.2 Å². The fourth-order valence-corrected chi connectivity index (χ4v) is 5.62. The quantitative estimate of drug-likeness (QED) is 0.384. The van der Waals surface area contributed by atoms with Gasteiger partial charge in [-0.05, 0) is 87.9 Å². The Morgan fingerprint density at radius 2 is 1.92 bits per heavy atom. The van der Waals surface area contributed by atoms with E-state index >= 15 is 0 Å². The van der Waals surface area contributed by atoms with Gasteiger partial charge in [-0.1, -0.05) is 6.07 Å². The van der Waals surface area contributed by atoms with Crippen LogP contribution in [0.1, 0.15) is 65.7 Å². The molecule has 208 valence electrons. The minimum atomic E-state index is -0.203. The second-order valence-corrected chi connectivity index (χ2v) is 10.8. The molecule has 2 heterocycles. The normalized spacial score (nSPS) is 21.0. The Labute approximate surface area is 226 Å². The van der Waals surface area contributed by atoms with E-state index in [4.69, 9.17) is 9.47 Å². The molecule has 0 aliphatic carbocycles. The van der Waals surface area contributed by atoms with Crippen LogP contribution in [0.2, 0.25) is 0 Å². The molecule has 0 bridgehead atoms. The van der Waals surface area contributed by atoms with Crippen molar-refractivity contribution in [2.45, 2.75) is 64.6 Å². The molecule has 1 unspecified atom stereocenters. The van der Waals surface area contributed by atoms with E-state index in [0.717, 1.165) is 64.2 Å². The van der Waals surface area contributed by atoms with E-state index in [1.165, 1.54) is 35.9 Å². The molecule has 3 atom stereocenters. The number of β-amino-alcohol motifs (C(OH)–C–C–N with tert-alkyl or cyclic N) is 1. The van der Waals surface area contributed by atoms with Crippen LogP contribution in [0.3, 0.4) is 0 Å². The van der Waals surface area contributed by atoms with E-state index in [1.807, 2.05) is 0 Å². The number of likely N-dealkylation sites (tertiary alicyclic amines) is 2. The smallest absolute Gasteiger partial charge is 0.251 e. The number of aliphatic hydroxyl groups is 1. The molecule has 3 N–H and O–H groups in total. The minimum Gasteiger partial charge on any atom is -0.508 e. The van der Waals surface area contributed by atoms with E-state index in [0.29, 0.717) is 17.9 Å². The van der Waals surface area contributed by atoms with E-state index in [9.17, 15) is 15.0 Å². The van der Waals surface area contributed by atoms with Gasteiger partial charge in [-0.25, -0.2) is 0 Å².